The molecule has 0 aromatic carbocycles. The van der Waals surface area contributed by atoms with E-state index in [0.717, 1.165) is 0 Å². The fourth-order valence-electron chi connectivity index (χ4n) is 3.21. The number of carboxylic acids is 1. The van der Waals surface area contributed by atoms with Crippen molar-refractivity contribution in [3.05, 3.63) is 0 Å². The molecule has 0 spiro atoms. The zero-order valence-corrected chi connectivity index (χ0v) is 18.5. The number of hydrogen-bond acceptors (Lipinski definition) is 3. The van der Waals surface area contributed by atoms with Gasteiger partial charge in [-0.05, 0) is 38.5 Å². The molecule has 0 heterocycles. The second-order valence-corrected chi connectivity index (χ2v) is 7.78. The average Bonchev–Trinajstić information content (AvgIpc) is 2.60. The van der Waals surface area contributed by atoms with Gasteiger partial charge in [0.05, 0.1) is 39.3 Å². The molecular weight excluding hydrogens is 326 g/mol. The Labute approximate surface area is 163 Å². The quantitative estimate of drug-likeness (QED) is 0.277. The van der Waals surface area contributed by atoms with Crippen LogP contribution in [0.15, 0.2) is 0 Å². The summed E-state index contributed by atoms with van der Waals surface area (Å²) in [6.07, 6.45) is 17.0. The van der Waals surface area contributed by atoms with Gasteiger partial charge in [0, 0.05) is 7.11 Å². The van der Waals surface area contributed by atoms with E-state index in [-0.39, 0.29) is 6.61 Å². The number of nitrogens with zero attached hydrogens (tertiary/aromatic N) is 1. The molecule has 4 heteroatoms. The van der Waals surface area contributed by atoms with Gasteiger partial charge in [0.1, 0.15) is 0 Å². The van der Waals surface area contributed by atoms with E-state index in [9.17, 15) is 9.90 Å². The van der Waals surface area contributed by atoms with E-state index in [0.29, 0.717) is 0 Å². The van der Waals surface area contributed by atoms with Crippen LogP contribution in [0.25, 0.3) is 0 Å². The Kier molecular flexibility index (Phi) is 22.0. The van der Waals surface area contributed by atoms with Crippen molar-refractivity contribution in [1.82, 2.24) is 0 Å². The molecule has 26 heavy (non-hydrogen) atoms. The number of unbranched alkanes of at least 4 members (excludes halogenated alkanes) is 9. The van der Waals surface area contributed by atoms with Crippen molar-refractivity contribution in [3.8, 4) is 0 Å². The number of aliphatic carboxylic acids is 1. The van der Waals surface area contributed by atoms with Gasteiger partial charge in [-0.1, -0.05) is 59.3 Å². The molecule has 0 N–H and O–H groups in total. The fraction of sp³-hybridized carbons (Fsp3) is 0.955. The summed E-state index contributed by atoms with van der Waals surface area (Å²) in [6.45, 7) is 10.9. The van der Waals surface area contributed by atoms with Gasteiger partial charge in [0.2, 0.25) is 0 Å². The van der Waals surface area contributed by atoms with E-state index in [1.807, 2.05) is 0 Å². The van der Waals surface area contributed by atoms with Crippen LogP contribution in [0.5, 0.6) is 0 Å². The topological polar surface area (TPSA) is 49.4 Å². The molecule has 0 amide bonds. The minimum absolute atomic E-state index is 0.319. The van der Waals surface area contributed by atoms with E-state index in [2.05, 4.69) is 32.6 Å². The molecule has 0 fully saturated rings. The zero-order valence-electron chi connectivity index (χ0n) is 18.5. The number of hydrogen-bond donors (Lipinski definition) is 0. The Morgan fingerprint density at radius 2 is 1.08 bits per heavy atom. The number of methoxy groups -OCH3 is 1. The lowest BCUT2D eigenvalue weighted by molar-refractivity contribution is -0.910. The first-order valence-corrected chi connectivity index (χ1v) is 11.0. The molecule has 0 aromatic rings. The van der Waals surface area contributed by atoms with Crippen LogP contribution in [0.2, 0.25) is 0 Å². The maximum absolute atomic E-state index is 9.36. The molecule has 0 unspecified atom stereocenters. The molecular formula is C22H47NO3. The summed E-state index contributed by atoms with van der Waals surface area (Å²) >= 11 is 0. The van der Waals surface area contributed by atoms with Crippen molar-refractivity contribution in [2.45, 2.75) is 97.8 Å². The molecule has 0 aliphatic heterocycles. The molecule has 0 atom stereocenters. The second-order valence-electron chi connectivity index (χ2n) is 7.78. The van der Waals surface area contributed by atoms with Crippen molar-refractivity contribution in [2.75, 3.05) is 40.4 Å². The van der Waals surface area contributed by atoms with Gasteiger partial charge in [0.25, 0.3) is 0 Å². The summed E-state index contributed by atoms with van der Waals surface area (Å²) in [5.41, 5.74) is 0. The van der Waals surface area contributed by atoms with Gasteiger partial charge < -0.3 is 19.1 Å². The number of carboxylic acid groups (broad SMARTS) is 1. The van der Waals surface area contributed by atoms with Crippen molar-refractivity contribution >= 4 is 5.97 Å². The van der Waals surface area contributed by atoms with Crippen molar-refractivity contribution in [2.24, 2.45) is 0 Å². The Hall–Kier alpha value is -0.610. The maximum Gasteiger partial charge on any atom is 0.0857 e. The van der Waals surface area contributed by atoms with Gasteiger partial charge in [-0.2, -0.15) is 0 Å². The normalized spacial score (nSPS) is 11.1. The molecule has 0 aliphatic carbocycles. The van der Waals surface area contributed by atoms with Crippen LogP contribution in [0.4, 0.5) is 0 Å². The Balaban J connectivity index is 0. The third-order valence-corrected chi connectivity index (χ3v) is 4.92. The van der Waals surface area contributed by atoms with Gasteiger partial charge in [0.15, 0.2) is 0 Å². The van der Waals surface area contributed by atoms with Crippen molar-refractivity contribution < 1.29 is 19.1 Å². The molecule has 0 bridgehead atoms. The summed E-state index contributed by atoms with van der Waals surface area (Å²) in [7, 11) is 3.82. The van der Waals surface area contributed by atoms with Crippen LogP contribution in [0, 0.1) is 0 Å². The summed E-state index contributed by atoms with van der Waals surface area (Å²) in [6, 6.07) is 0. The fourth-order valence-corrected chi connectivity index (χ4v) is 3.21. The Morgan fingerprint density at radius 1 is 0.731 bits per heavy atom. The largest absolute Gasteiger partial charge is 0.548 e. The number of rotatable bonds is 17. The Morgan fingerprint density at radius 3 is 1.27 bits per heavy atom. The molecule has 0 rings (SSSR count). The minimum Gasteiger partial charge on any atom is -0.548 e. The first kappa shape index (κ1) is 27.6. The maximum atomic E-state index is 9.36. The first-order valence-electron chi connectivity index (χ1n) is 11.0. The van der Waals surface area contributed by atoms with Gasteiger partial charge >= 0.3 is 0 Å². The highest BCUT2D eigenvalue weighted by molar-refractivity contribution is 5.65. The summed E-state index contributed by atoms with van der Waals surface area (Å²) < 4.78 is 5.49. The summed E-state index contributed by atoms with van der Waals surface area (Å²) in [5.74, 6) is -1.18. The zero-order chi connectivity index (χ0) is 20.1. The molecule has 0 aromatic heterocycles. The van der Waals surface area contributed by atoms with Crippen LogP contribution in [-0.4, -0.2) is 50.9 Å². The van der Waals surface area contributed by atoms with Crippen LogP contribution in [-0.2, 0) is 9.53 Å². The van der Waals surface area contributed by atoms with E-state index in [4.69, 9.17) is 0 Å². The van der Waals surface area contributed by atoms with Gasteiger partial charge in [-0.3, -0.25) is 0 Å². The third kappa shape index (κ3) is 21.4. The number of carbonyl (C=O) groups excluding carboxylic acids is 1. The minimum atomic E-state index is -1.18. The summed E-state index contributed by atoms with van der Waals surface area (Å²) in [5, 5.41) is 9.36. The standard InChI is InChI=1S/C19H42N.C3H6O3/c1-5-8-11-14-17-20(4,18-15-12-9-6-2)19-16-13-10-7-3;1-6-2-3(4)5/h5-19H2,1-4H3;2H2,1H3,(H,4,5)/q+1;/p-1. The lowest BCUT2D eigenvalue weighted by atomic mass is 10.1. The highest BCUT2D eigenvalue weighted by Crippen LogP contribution is 2.14. The lowest BCUT2D eigenvalue weighted by Crippen LogP contribution is -2.46. The van der Waals surface area contributed by atoms with E-state index < -0.39 is 5.97 Å². The highest BCUT2D eigenvalue weighted by atomic mass is 16.5. The number of quaternary nitrogens is 1. The second kappa shape index (κ2) is 20.7. The van der Waals surface area contributed by atoms with Crippen LogP contribution < -0.4 is 5.11 Å². The van der Waals surface area contributed by atoms with Crippen molar-refractivity contribution in [3.63, 3.8) is 0 Å². The van der Waals surface area contributed by atoms with Crippen LogP contribution in [0.1, 0.15) is 97.8 Å². The molecule has 158 valence electrons. The lowest BCUT2D eigenvalue weighted by Gasteiger charge is -2.35. The Bertz CT molecular complexity index is 264. The van der Waals surface area contributed by atoms with Crippen LogP contribution in [0.3, 0.4) is 0 Å². The van der Waals surface area contributed by atoms with Crippen molar-refractivity contribution in [1.29, 1.82) is 0 Å². The van der Waals surface area contributed by atoms with E-state index in [1.54, 1.807) is 0 Å². The van der Waals surface area contributed by atoms with Gasteiger partial charge in [-0.15, -0.1) is 0 Å². The smallest absolute Gasteiger partial charge is 0.0857 e. The first-order chi connectivity index (χ1) is 12.5. The highest BCUT2D eigenvalue weighted by Gasteiger charge is 2.19. The molecule has 4 nitrogen and oxygen atoms in total. The van der Waals surface area contributed by atoms with Crippen LogP contribution >= 0.6 is 0 Å². The molecule has 0 radical (unpaired) electrons. The number of ether oxygens (including phenoxy) is 1. The predicted molar refractivity (Wildman–Crippen MR) is 110 cm³/mol. The summed E-state index contributed by atoms with van der Waals surface area (Å²) in [4.78, 5) is 9.36. The van der Waals surface area contributed by atoms with E-state index >= 15 is 0 Å². The van der Waals surface area contributed by atoms with E-state index in [1.165, 1.54) is 108 Å². The SMILES string of the molecule is CCCCCC[N+](C)(CCCCCC)CCCCCC.COCC(=O)[O-]. The molecule has 0 aliphatic rings. The molecule has 0 saturated heterocycles. The third-order valence-electron chi connectivity index (χ3n) is 4.92. The predicted octanol–water partition coefficient (Wildman–Crippen LogP) is 4.56. The monoisotopic (exact) mass is 373 g/mol. The number of carbonyl (C=O) groups is 1. The van der Waals surface area contributed by atoms with Gasteiger partial charge in [-0.25, -0.2) is 0 Å². The average molecular weight is 374 g/mol. The molecule has 0 saturated carbocycles.